The van der Waals surface area contributed by atoms with Gasteiger partial charge in [-0.25, -0.2) is 0 Å². The fraction of sp³-hybridized carbons (Fsp3) is 0.867. The average Bonchev–Trinajstić information content (AvgIpc) is 2.43. The van der Waals surface area contributed by atoms with Crippen molar-refractivity contribution in [1.29, 1.82) is 0 Å². The summed E-state index contributed by atoms with van der Waals surface area (Å²) in [5, 5.41) is 6.37. The van der Waals surface area contributed by atoms with Crippen molar-refractivity contribution in [3.8, 4) is 0 Å². The number of piperidine rings is 1. The van der Waals surface area contributed by atoms with Gasteiger partial charge in [-0.15, -0.1) is 12.4 Å². The van der Waals surface area contributed by atoms with Crippen LogP contribution in [0.4, 0.5) is 0 Å². The lowest BCUT2D eigenvalue weighted by Gasteiger charge is -2.30. The largest absolute Gasteiger partial charge is 0.352 e. The molecule has 0 saturated carbocycles. The van der Waals surface area contributed by atoms with Gasteiger partial charge in [-0.05, 0) is 39.2 Å². The van der Waals surface area contributed by atoms with Crippen molar-refractivity contribution < 1.29 is 9.59 Å². The van der Waals surface area contributed by atoms with Crippen LogP contribution in [0, 0.1) is 5.92 Å². The summed E-state index contributed by atoms with van der Waals surface area (Å²) in [6.45, 7) is 9.50. The van der Waals surface area contributed by atoms with Crippen LogP contribution in [0.15, 0.2) is 0 Å². The Kier molecular flexibility index (Phi) is 10.4. The number of halogens is 1. The highest BCUT2D eigenvalue weighted by Crippen LogP contribution is 2.11. The van der Waals surface area contributed by atoms with Crippen molar-refractivity contribution >= 4 is 24.2 Å². The van der Waals surface area contributed by atoms with E-state index in [0.717, 1.165) is 32.6 Å². The van der Waals surface area contributed by atoms with Crippen LogP contribution in [0.1, 0.15) is 46.5 Å². The molecule has 0 aromatic rings. The molecule has 2 amide bonds. The van der Waals surface area contributed by atoms with Crippen LogP contribution in [0.3, 0.4) is 0 Å². The van der Waals surface area contributed by atoms with E-state index in [2.05, 4.69) is 17.6 Å². The monoisotopic (exact) mass is 319 g/mol. The molecule has 0 spiro atoms. The van der Waals surface area contributed by atoms with Gasteiger partial charge in [-0.1, -0.05) is 6.92 Å². The first-order valence-electron chi connectivity index (χ1n) is 7.86. The van der Waals surface area contributed by atoms with Gasteiger partial charge in [0.15, 0.2) is 0 Å². The minimum absolute atomic E-state index is 0. The number of nitrogens with zero attached hydrogens (tertiary/aromatic N) is 1. The second-order valence-electron chi connectivity index (χ2n) is 5.56. The van der Waals surface area contributed by atoms with Crippen LogP contribution < -0.4 is 10.6 Å². The molecule has 5 nitrogen and oxygen atoms in total. The Morgan fingerprint density at radius 3 is 2.48 bits per heavy atom. The first kappa shape index (κ1) is 20.2. The first-order valence-corrected chi connectivity index (χ1v) is 7.86. The van der Waals surface area contributed by atoms with Gasteiger partial charge in [0, 0.05) is 38.5 Å². The van der Waals surface area contributed by atoms with E-state index >= 15 is 0 Å². The molecular weight excluding hydrogens is 290 g/mol. The maximum Gasteiger partial charge on any atom is 0.222 e. The summed E-state index contributed by atoms with van der Waals surface area (Å²) in [5.74, 6) is 0.742. The third-order valence-electron chi connectivity index (χ3n) is 4.08. The SMILES string of the molecule is CCN(CC)C(=O)CCCC(=O)NC1CNCCC1C.Cl. The Morgan fingerprint density at radius 2 is 1.90 bits per heavy atom. The molecule has 0 bridgehead atoms. The molecule has 1 heterocycles. The van der Waals surface area contributed by atoms with Crippen molar-refractivity contribution in [3.05, 3.63) is 0 Å². The molecule has 2 unspecified atom stereocenters. The van der Waals surface area contributed by atoms with E-state index in [1.807, 2.05) is 18.7 Å². The highest BCUT2D eigenvalue weighted by Gasteiger charge is 2.22. The molecule has 21 heavy (non-hydrogen) atoms. The molecule has 2 atom stereocenters. The van der Waals surface area contributed by atoms with Gasteiger partial charge in [0.25, 0.3) is 0 Å². The first-order chi connectivity index (χ1) is 9.58. The zero-order valence-corrected chi connectivity index (χ0v) is 14.3. The second kappa shape index (κ2) is 10.9. The van der Waals surface area contributed by atoms with Crippen molar-refractivity contribution in [1.82, 2.24) is 15.5 Å². The van der Waals surface area contributed by atoms with E-state index in [1.165, 1.54) is 0 Å². The third kappa shape index (κ3) is 7.14. The van der Waals surface area contributed by atoms with E-state index < -0.39 is 0 Å². The lowest BCUT2D eigenvalue weighted by Crippen LogP contribution is -2.50. The van der Waals surface area contributed by atoms with Crippen molar-refractivity contribution in [3.63, 3.8) is 0 Å². The lowest BCUT2D eigenvalue weighted by atomic mass is 9.94. The molecule has 0 radical (unpaired) electrons. The third-order valence-corrected chi connectivity index (χ3v) is 4.08. The number of carbonyl (C=O) groups excluding carboxylic acids is 2. The predicted octanol–water partition coefficient (Wildman–Crippen LogP) is 1.56. The van der Waals surface area contributed by atoms with Crippen molar-refractivity contribution in [2.75, 3.05) is 26.2 Å². The van der Waals surface area contributed by atoms with E-state index in [9.17, 15) is 9.59 Å². The highest BCUT2D eigenvalue weighted by atomic mass is 35.5. The zero-order valence-electron chi connectivity index (χ0n) is 13.5. The van der Waals surface area contributed by atoms with Gasteiger partial charge in [0.1, 0.15) is 0 Å². The van der Waals surface area contributed by atoms with Crippen molar-refractivity contribution in [2.24, 2.45) is 5.92 Å². The van der Waals surface area contributed by atoms with Gasteiger partial charge in [0.2, 0.25) is 11.8 Å². The van der Waals surface area contributed by atoms with Crippen LogP contribution in [-0.2, 0) is 9.59 Å². The standard InChI is InChI=1S/C15H29N3O2.ClH/c1-4-18(5-2)15(20)8-6-7-14(19)17-13-11-16-10-9-12(13)3;/h12-13,16H,4-11H2,1-3H3,(H,17,19);1H. The van der Waals surface area contributed by atoms with Gasteiger partial charge >= 0.3 is 0 Å². The quantitative estimate of drug-likeness (QED) is 0.748. The van der Waals surface area contributed by atoms with E-state index in [1.54, 1.807) is 0 Å². The molecular formula is C15H30ClN3O2. The number of hydrogen-bond donors (Lipinski definition) is 2. The van der Waals surface area contributed by atoms with Gasteiger partial charge in [0.05, 0.1) is 0 Å². The van der Waals surface area contributed by atoms with E-state index in [-0.39, 0.29) is 30.3 Å². The van der Waals surface area contributed by atoms with Crippen molar-refractivity contribution in [2.45, 2.75) is 52.5 Å². The maximum absolute atomic E-state index is 11.9. The topological polar surface area (TPSA) is 61.4 Å². The molecule has 0 aromatic carbocycles. The summed E-state index contributed by atoms with van der Waals surface area (Å²) in [5.41, 5.74) is 0. The minimum Gasteiger partial charge on any atom is -0.352 e. The van der Waals surface area contributed by atoms with Crippen LogP contribution in [0.2, 0.25) is 0 Å². The number of nitrogens with one attached hydrogen (secondary N) is 2. The Hall–Kier alpha value is -0.810. The summed E-state index contributed by atoms with van der Waals surface area (Å²) in [7, 11) is 0. The summed E-state index contributed by atoms with van der Waals surface area (Å²) in [4.78, 5) is 25.5. The molecule has 1 aliphatic heterocycles. The summed E-state index contributed by atoms with van der Waals surface area (Å²) >= 11 is 0. The molecule has 0 aliphatic carbocycles. The smallest absolute Gasteiger partial charge is 0.222 e. The molecule has 6 heteroatoms. The number of carbonyl (C=O) groups is 2. The van der Waals surface area contributed by atoms with Gasteiger partial charge in [-0.3, -0.25) is 9.59 Å². The van der Waals surface area contributed by atoms with Gasteiger partial charge < -0.3 is 15.5 Å². The fourth-order valence-corrected chi connectivity index (χ4v) is 2.60. The fourth-order valence-electron chi connectivity index (χ4n) is 2.60. The molecule has 1 aliphatic rings. The van der Waals surface area contributed by atoms with Crippen LogP contribution >= 0.6 is 12.4 Å². The molecule has 0 aromatic heterocycles. The summed E-state index contributed by atoms with van der Waals surface area (Å²) in [6.07, 6.45) is 2.64. The number of rotatable bonds is 7. The molecule has 2 N–H and O–H groups in total. The molecule has 1 fully saturated rings. The molecule has 124 valence electrons. The van der Waals surface area contributed by atoms with E-state index in [0.29, 0.717) is 25.2 Å². The minimum atomic E-state index is 0. The van der Waals surface area contributed by atoms with Crippen LogP contribution in [0.5, 0.6) is 0 Å². The lowest BCUT2D eigenvalue weighted by molar-refractivity contribution is -0.131. The Labute approximate surface area is 134 Å². The van der Waals surface area contributed by atoms with Crippen LogP contribution in [-0.4, -0.2) is 48.9 Å². The normalized spacial score (nSPS) is 21.3. The van der Waals surface area contributed by atoms with Gasteiger partial charge in [-0.2, -0.15) is 0 Å². The predicted molar refractivity (Wildman–Crippen MR) is 87.6 cm³/mol. The maximum atomic E-state index is 11.9. The highest BCUT2D eigenvalue weighted by molar-refractivity contribution is 5.85. The number of amides is 2. The molecule has 1 saturated heterocycles. The second-order valence-corrected chi connectivity index (χ2v) is 5.56. The Bertz CT molecular complexity index is 322. The Balaban J connectivity index is 0.00000400. The van der Waals surface area contributed by atoms with Crippen LogP contribution in [0.25, 0.3) is 0 Å². The summed E-state index contributed by atoms with van der Waals surface area (Å²) < 4.78 is 0. The zero-order chi connectivity index (χ0) is 15.0. The summed E-state index contributed by atoms with van der Waals surface area (Å²) in [6, 6.07) is 0.231. The van der Waals surface area contributed by atoms with E-state index in [4.69, 9.17) is 0 Å². The number of hydrogen-bond acceptors (Lipinski definition) is 3. The average molecular weight is 320 g/mol. The Morgan fingerprint density at radius 1 is 1.24 bits per heavy atom. The molecule has 1 rings (SSSR count).